The van der Waals surface area contributed by atoms with Crippen molar-refractivity contribution in [3.63, 3.8) is 0 Å². The Hall–Kier alpha value is -2.37. The smallest absolute Gasteiger partial charge is 0.231 e. The molecule has 3 heterocycles. The van der Waals surface area contributed by atoms with Crippen LogP contribution in [0.3, 0.4) is 0 Å². The van der Waals surface area contributed by atoms with Crippen LogP contribution in [-0.2, 0) is 4.74 Å². The van der Waals surface area contributed by atoms with Crippen LogP contribution < -0.4 is 5.32 Å². The number of fused-ring (bicyclic) bond motifs is 1. The van der Waals surface area contributed by atoms with Gasteiger partial charge < -0.3 is 15.0 Å². The van der Waals surface area contributed by atoms with Gasteiger partial charge >= 0.3 is 0 Å². The van der Waals surface area contributed by atoms with Gasteiger partial charge in [-0.2, -0.15) is 0 Å². The average Bonchev–Trinajstić information content (AvgIpc) is 3.05. The van der Waals surface area contributed by atoms with Gasteiger partial charge in [0, 0.05) is 37.1 Å². The summed E-state index contributed by atoms with van der Waals surface area (Å²) in [6.45, 7) is 1.04. The van der Waals surface area contributed by atoms with Crippen molar-refractivity contribution in [3.05, 3.63) is 36.0 Å². The van der Waals surface area contributed by atoms with Crippen LogP contribution >= 0.6 is 0 Å². The summed E-state index contributed by atoms with van der Waals surface area (Å²) in [7, 11) is 1.81. The number of hydrogen-bond acceptors (Lipinski definition) is 6. The minimum absolute atomic E-state index is 0.199. The fourth-order valence-electron chi connectivity index (χ4n) is 3.57. The largest absolute Gasteiger partial charge is 0.470 e. The summed E-state index contributed by atoms with van der Waals surface area (Å²) in [5, 5.41) is 2.93. The highest BCUT2D eigenvalue weighted by Gasteiger charge is 2.30. The van der Waals surface area contributed by atoms with E-state index < -0.39 is 0 Å². The fourth-order valence-corrected chi connectivity index (χ4v) is 3.57. The van der Waals surface area contributed by atoms with Gasteiger partial charge in [-0.05, 0) is 24.8 Å². The molecule has 1 saturated carbocycles. The minimum Gasteiger partial charge on any atom is -0.470 e. The van der Waals surface area contributed by atoms with Crippen LogP contribution in [0.5, 0.6) is 0 Å². The Balaban J connectivity index is 1.50. The molecule has 0 saturated heterocycles. The molecule has 24 heavy (non-hydrogen) atoms. The third kappa shape index (κ3) is 3.00. The third-order valence-corrected chi connectivity index (χ3v) is 4.94. The van der Waals surface area contributed by atoms with E-state index in [1.54, 1.807) is 6.26 Å². The number of hydrogen-bond donors (Lipinski definition) is 1. The lowest BCUT2D eigenvalue weighted by molar-refractivity contribution is 0.168. The number of rotatable bonds is 4. The zero-order valence-electron chi connectivity index (χ0n) is 14.0. The van der Waals surface area contributed by atoms with E-state index in [0.29, 0.717) is 5.95 Å². The summed E-state index contributed by atoms with van der Waals surface area (Å²) in [6, 6.07) is 0. The number of aromatic nitrogens is 2. The van der Waals surface area contributed by atoms with E-state index in [-0.39, 0.29) is 6.23 Å². The average molecular weight is 325 g/mol. The van der Waals surface area contributed by atoms with Crippen LogP contribution in [0.1, 0.15) is 37.7 Å². The van der Waals surface area contributed by atoms with Gasteiger partial charge in [-0.1, -0.05) is 19.3 Å². The van der Waals surface area contributed by atoms with Gasteiger partial charge in [0.25, 0.3) is 0 Å². The molecule has 2 aliphatic heterocycles. The lowest BCUT2D eigenvalue weighted by Crippen LogP contribution is -2.29. The zero-order chi connectivity index (χ0) is 16.4. The van der Waals surface area contributed by atoms with Crippen molar-refractivity contribution >= 4 is 17.9 Å². The Kier molecular flexibility index (Phi) is 4.19. The quantitative estimate of drug-likeness (QED) is 0.922. The van der Waals surface area contributed by atoms with Crippen molar-refractivity contribution in [2.24, 2.45) is 10.9 Å². The second-order valence-corrected chi connectivity index (χ2v) is 6.60. The summed E-state index contributed by atoms with van der Waals surface area (Å²) in [6.07, 6.45) is 16.0. The number of allylic oxidation sites excluding steroid dienone is 2. The van der Waals surface area contributed by atoms with Crippen molar-refractivity contribution in [2.75, 3.05) is 18.9 Å². The van der Waals surface area contributed by atoms with Gasteiger partial charge in [-0.3, -0.25) is 0 Å². The number of ether oxygens (including phenoxy) is 1. The van der Waals surface area contributed by atoms with Crippen LogP contribution in [0, 0.1) is 5.92 Å². The number of anilines is 1. The summed E-state index contributed by atoms with van der Waals surface area (Å²) in [5.41, 5.74) is 3.06. The molecule has 6 heteroatoms. The Morgan fingerprint density at radius 1 is 1.21 bits per heavy atom. The fraction of sp³-hybridized carbons (Fsp3) is 0.500. The van der Waals surface area contributed by atoms with E-state index in [9.17, 15) is 0 Å². The third-order valence-electron chi connectivity index (χ3n) is 4.94. The first-order chi connectivity index (χ1) is 11.8. The molecular weight excluding hydrogens is 302 g/mol. The molecule has 3 aliphatic rings. The predicted molar refractivity (Wildman–Crippen MR) is 94.3 cm³/mol. The molecule has 126 valence electrons. The first-order valence-electron chi connectivity index (χ1n) is 8.71. The van der Waals surface area contributed by atoms with E-state index in [1.807, 2.05) is 25.8 Å². The van der Waals surface area contributed by atoms with Gasteiger partial charge in [0.1, 0.15) is 0 Å². The molecule has 1 atom stereocenters. The molecule has 1 fully saturated rings. The number of aliphatic imine (C=N–C) groups is 1. The SMILES string of the molecule is CNc1ncc(C2=COC3N=CN(CC4CCCCC4)C3=C2)cn1. The van der Waals surface area contributed by atoms with Gasteiger partial charge in [0.05, 0.1) is 18.3 Å². The first-order valence-corrected chi connectivity index (χ1v) is 8.71. The topological polar surface area (TPSA) is 62.6 Å². The molecular formula is C18H23N5O. The maximum Gasteiger partial charge on any atom is 0.231 e. The molecule has 1 unspecified atom stereocenters. The van der Waals surface area contributed by atoms with Crippen LogP contribution in [-0.4, -0.2) is 41.0 Å². The van der Waals surface area contributed by atoms with Gasteiger partial charge in [-0.15, -0.1) is 0 Å². The number of nitrogens with one attached hydrogen (secondary N) is 1. The maximum atomic E-state index is 5.80. The zero-order valence-corrected chi connectivity index (χ0v) is 14.0. The molecule has 1 aromatic heterocycles. The molecule has 0 bridgehead atoms. The summed E-state index contributed by atoms with van der Waals surface area (Å²) in [5.74, 6) is 1.38. The molecule has 4 rings (SSSR count). The molecule has 1 aromatic rings. The molecule has 0 radical (unpaired) electrons. The van der Waals surface area contributed by atoms with Crippen LogP contribution in [0.25, 0.3) is 5.57 Å². The normalized spacial score (nSPS) is 23.4. The van der Waals surface area contributed by atoms with Crippen molar-refractivity contribution in [1.29, 1.82) is 0 Å². The van der Waals surface area contributed by atoms with Crippen molar-refractivity contribution < 1.29 is 4.74 Å². The second kappa shape index (κ2) is 6.63. The molecule has 0 aromatic carbocycles. The van der Waals surface area contributed by atoms with Crippen LogP contribution in [0.2, 0.25) is 0 Å². The van der Waals surface area contributed by atoms with Gasteiger partial charge in [0.15, 0.2) is 0 Å². The van der Waals surface area contributed by atoms with E-state index >= 15 is 0 Å². The molecule has 1 aliphatic carbocycles. The highest BCUT2D eigenvalue weighted by molar-refractivity contribution is 5.76. The Bertz CT molecular complexity index is 673. The molecule has 1 N–H and O–H groups in total. The van der Waals surface area contributed by atoms with Crippen molar-refractivity contribution in [2.45, 2.75) is 38.3 Å². The van der Waals surface area contributed by atoms with E-state index in [0.717, 1.165) is 29.3 Å². The van der Waals surface area contributed by atoms with Crippen LogP contribution in [0.4, 0.5) is 5.95 Å². The Labute approximate surface area is 142 Å². The lowest BCUT2D eigenvalue weighted by atomic mass is 9.89. The van der Waals surface area contributed by atoms with Gasteiger partial charge in [-0.25, -0.2) is 15.0 Å². The second-order valence-electron chi connectivity index (χ2n) is 6.60. The minimum atomic E-state index is -0.199. The van der Waals surface area contributed by atoms with Crippen molar-refractivity contribution in [1.82, 2.24) is 14.9 Å². The first kappa shape index (κ1) is 15.2. The molecule has 0 spiro atoms. The predicted octanol–water partition coefficient (Wildman–Crippen LogP) is 3.02. The number of nitrogens with zero attached hydrogens (tertiary/aromatic N) is 4. The lowest BCUT2D eigenvalue weighted by Gasteiger charge is -2.29. The van der Waals surface area contributed by atoms with Crippen LogP contribution in [0.15, 0.2) is 35.4 Å². The highest BCUT2D eigenvalue weighted by atomic mass is 16.5. The Morgan fingerprint density at radius 2 is 2.00 bits per heavy atom. The summed E-state index contributed by atoms with van der Waals surface area (Å²) >= 11 is 0. The summed E-state index contributed by atoms with van der Waals surface area (Å²) in [4.78, 5) is 15.3. The molecule has 0 amide bonds. The van der Waals surface area contributed by atoms with Gasteiger partial charge in [0.2, 0.25) is 12.2 Å². The maximum absolute atomic E-state index is 5.80. The molecule has 6 nitrogen and oxygen atoms in total. The van der Waals surface area contributed by atoms with E-state index in [4.69, 9.17) is 4.74 Å². The van der Waals surface area contributed by atoms with E-state index in [2.05, 4.69) is 31.3 Å². The Morgan fingerprint density at radius 3 is 2.75 bits per heavy atom. The summed E-state index contributed by atoms with van der Waals surface area (Å²) < 4.78 is 5.80. The van der Waals surface area contributed by atoms with E-state index in [1.165, 1.54) is 32.1 Å². The highest BCUT2D eigenvalue weighted by Crippen LogP contribution is 2.32. The monoisotopic (exact) mass is 325 g/mol. The van der Waals surface area contributed by atoms with Crippen molar-refractivity contribution in [3.8, 4) is 0 Å². The standard InChI is InChI=1S/C18H23N5O/c1-19-18-20-8-15(9-21-18)14-7-16-17(24-11-14)22-12-23(16)10-13-5-3-2-4-6-13/h7-9,11-13,17H,2-6,10H2,1H3,(H,19,20,21).